The van der Waals surface area contributed by atoms with Crippen LogP contribution in [-0.4, -0.2) is 22.1 Å². The van der Waals surface area contributed by atoms with E-state index in [9.17, 15) is 9.59 Å². The molecule has 1 atom stereocenters. The van der Waals surface area contributed by atoms with Gasteiger partial charge in [-0.25, -0.2) is 0 Å². The molecule has 1 unspecified atom stereocenters. The third-order valence-corrected chi connectivity index (χ3v) is 6.98. The molecule has 3 aromatic rings. The topological polar surface area (TPSA) is 73.2 Å². The first-order valence-electron chi connectivity index (χ1n) is 11.0. The maximum Gasteiger partial charge on any atom is 0.279 e. The standard InChI is InChI=1S/C25H26ClN3O3S/c1-3-4-13-32-20-8-6-5-7-18(20)19-14-21(30)27-23-22(19)24(31)28-25(29(23)2)33-15-16-9-11-17(26)12-10-16/h5-12,19H,3-4,13-15H2,1-2H3,(H,27,30). The van der Waals surface area contributed by atoms with E-state index in [1.165, 1.54) is 11.8 Å². The number of thioether (sulfide) groups is 1. The molecule has 0 bridgehead atoms. The first-order chi connectivity index (χ1) is 16.0. The molecule has 172 valence electrons. The number of aromatic nitrogens is 2. The summed E-state index contributed by atoms with van der Waals surface area (Å²) in [7, 11) is 1.82. The number of halogens is 1. The molecule has 0 spiro atoms. The lowest BCUT2D eigenvalue weighted by molar-refractivity contribution is -0.116. The molecule has 1 amide bonds. The molecule has 4 rings (SSSR count). The zero-order valence-corrected chi connectivity index (χ0v) is 20.2. The van der Waals surface area contributed by atoms with Gasteiger partial charge in [0.2, 0.25) is 5.91 Å². The zero-order valence-electron chi connectivity index (χ0n) is 18.6. The number of nitrogens with one attached hydrogen (secondary N) is 1. The van der Waals surface area contributed by atoms with Crippen molar-refractivity contribution >= 4 is 35.1 Å². The van der Waals surface area contributed by atoms with E-state index in [1.54, 1.807) is 4.57 Å². The highest BCUT2D eigenvalue weighted by Gasteiger charge is 2.33. The van der Waals surface area contributed by atoms with Gasteiger partial charge < -0.3 is 14.6 Å². The van der Waals surface area contributed by atoms with Crippen molar-refractivity contribution in [1.82, 2.24) is 9.55 Å². The van der Waals surface area contributed by atoms with E-state index in [0.717, 1.165) is 24.0 Å². The lowest BCUT2D eigenvalue weighted by Gasteiger charge is -2.28. The first kappa shape index (κ1) is 23.4. The number of carbonyl (C=O) groups excluding carboxylic acids is 1. The molecule has 0 fully saturated rings. The highest BCUT2D eigenvalue weighted by atomic mass is 35.5. The number of para-hydroxylation sites is 1. The Balaban J connectivity index is 1.68. The summed E-state index contributed by atoms with van der Waals surface area (Å²) in [6.45, 7) is 2.70. The van der Waals surface area contributed by atoms with Gasteiger partial charge in [0.05, 0.1) is 12.2 Å². The third-order valence-electron chi connectivity index (χ3n) is 5.63. The van der Waals surface area contributed by atoms with Crippen molar-refractivity contribution in [2.45, 2.75) is 43.0 Å². The Morgan fingerprint density at radius 3 is 2.70 bits per heavy atom. The van der Waals surface area contributed by atoms with Crippen molar-refractivity contribution in [1.29, 1.82) is 0 Å². The SMILES string of the molecule is CCCCOc1ccccc1C1CC(=O)Nc2c1c(=O)nc(SCc1ccc(Cl)cc1)n2C. The monoisotopic (exact) mass is 483 g/mol. The predicted octanol–water partition coefficient (Wildman–Crippen LogP) is 5.38. The maximum absolute atomic E-state index is 13.2. The maximum atomic E-state index is 13.2. The summed E-state index contributed by atoms with van der Waals surface area (Å²) in [5, 5.41) is 4.12. The zero-order chi connectivity index (χ0) is 23.4. The minimum Gasteiger partial charge on any atom is -0.493 e. The quantitative estimate of drug-likeness (QED) is 0.264. The number of rotatable bonds is 8. The molecule has 0 aliphatic carbocycles. The molecule has 1 aliphatic heterocycles. The minimum atomic E-state index is -0.409. The van der Waals surface area contributed by atoms with E-state index in [2.05, 4.69) is 17.2 Å². The Kier molecular flexibility index (Phi) is 7.40. The Morgan fingerprint density at radius 1 is 1.18 bits per heavy atom. The van der Waals surface area contributed by atoms with Crippen molar-refractivity contribution in [2.24, 2.45) is 7.05 Å². The second kappa shape index (κ2) is 10.4. The van der Waals surface area contributed by atoms with Crippen molar-refractivity contribution in [3.63, 3.8) is 0 Å². The van der Waals surface area contributed by atoms with Crippen LogP contribution in [0.4, 0.5) is 5.82 Å². The highest BCUT2D eigenvalue weighted by Crippen LogP contribution is 2.39. The second-order valence-corrected chi connectivity index (χ2v) is 9.36. The van der Waals surface area contributed by atoms with Crippen LogP contribution in [0, 0.1) is 0 Å². The summed E-state index contributed by atoms with van der Waals surface area (Å²) < 4.78 is 7.79. The smallest absolute Gasteiger partial charge is 0.279 e. The van der Waals surface area contributed by atoms with Crippen molar-refractivity contribution < 1.29 is 9.53 Å². The van der Waals surface area contributed by atoms with Gasteiger partial charge in [-0.15, -0.1) is 0 Å². The number of carbonyl (C=O) groups is 1. The molecular formula is C25H26ClN3O3S. The number of amides is 1. The fourth-order valence-corrected chi connectivity index (χ4v) is 4.93. The van der Waals surface area contributed by atoms with Crippen molar-refractivity contribution in [3.05, 3.63) is 80.6 Å². The predicted molar refractivity (Wildman–Crippen MR) is 132 cm³/mol. The van der Waals surface area contributed by atoms with E-state index in [0.29, 0.717) is 39.7 Å². The number of nitrogens with zero attached hydrogens (tertiary/aromatic N) is 2. The number of ether oxygens (including phenoxy) is 1. The van der Waals surface area contributed by atoms with Gasteiger partial charge in [0.1, 0.15) is 11.6 Å². The molecular weight excluding hydrogens is 458 g/mol. The molecule has 0 saturated heterocycles. The number of benzene rings is 2. The highest BCUT2D eigenvalue weighted by molar-refractivity contribution is 7.98. The molecule has 0 radical (unpaired) electrons. The summed E-state index contributed by atoms with van der Waals surface area (Å²) in [5.41, 5.74) is 2.08. The molecule has 0 saturated carbocycles. The van der Waals surface area contributed by atoms with Gasteiger partial charge in [-0.2, -0.15) is 4.98 Å². The molecule has 8 heteroatoms. The average molecular weight is 484 g/mol. The average Bonchev–Trinajstić information content (AvgIpc) is 2.81. The molecule has 2 heterocycles. The van der Waals surface area contributed by atoms with E-state index >= 15 is 0 Å². The second-order valence-electron chi connectivity index (χ2n) is 7.98. The van der Waals surface area contributed by atoms with Crippen LogP contribution in [0.25, 0.3) is 0 Å². The van der Waals surface area contributed by atoms with Crippen LogP contribution in [0.5, 0.6) is 5.75 Å². The summed E-state index contributed by atoms with van der Waals surface area (Å²) >= 11 is 7.41. The Hall–Kier alpha value is -2.77. The fraction of sp³-hybridized carbons (Fsp3) is 0.320. The van der Waals surface area contributed by atoms with Gasteiger partial charge in [0.15, 0.2) is 5.16 Å². The fourth-order valence-electron chi connectivity index (χ4n) is 3.88. The van der Waals surface area contributed by atoms with Crippen molar-refractivity contribution in [3.8, 4) is 5.75 Å². The molecule has 1 aromatic heterocycles. The number of unbranched alkanes of at least 4 members (excludes halogenated alkanes) is 1. The number of fused-ring (bicyclic) bond motifs is 1. The van der Waals surface area contributed by atoms with Gasteiger partial charge in [-0.3, -0.25) is 9.59 Å². The van der Waals surface area contributed by atoms with Crippen LogP contribution in [0.3, 0.4) is 0 Å². The van der Waals surface area contributed by atoms with E-state index < -0.39 is 5.92 Å². The molecule has 33 heavy (non-hydrogen) atoms. The van der Waals surface area contributed by atoms with Crippen LogP contribution in [0.15, 0.2) is 58.5 Å². The summed E-state index contributed by atoms with van der Waals surface area (Å²) in [6.07, 6.45) is 2.14. The minimum absolute atomic E-state index is 0.134. The molecule has 1 N–H and O–H groups in total. The summed E-state index contributed by atoms with van der Waals surface area (Å²) in [6, 6.07) is 15.2. The third kappa shape index (κ3) is 5.25. The van der Waals surface area contributed by atoms with Crippen LogP contribution >= 0.6 is 23.4 Å². The van der Waals surface area contributed by atoms with Crippen LogP contribution < -0.4 is 15.6 Å². The van der Waals surface area contributed by atoms with Crippen LogP contribution in [0.1, 0.15) is 48.8 Å². The van der Waals surface area contributed by atoms with Gasteiger partial charge in [-0.1, -0.05) is 67.0 Å². The number of hydrogen-bond acceptors (Lipinski definition) is 5. The first-order valence-corrected chi connectivity index (χ1v) is 12.3. The normalized spacial score (nSPS) is 15.1. The lowest BCUT2D eigenvalue weighted by atomic mass is 9.86. The van der Waals surface area contributed by atoms with E-state index in [1.807, 2.05) is 55.6 Å². The number of anilines is 1. The largest absolute Gasteiger partial charge is 0.493 e. The van der Waals surface area contributed by atoms with Crippen molar-refractivity contribution in [2.75, 3.05) is 11.9 Å². The Labute approximate surface area is 202 Å². The Morgan fingerprint density at radius 2 is 1.94 bits per heavy atom. The summed E-state index contributed by atoms with van der Waals surface area (Å²) in [4.78, 5) is 30.2. The van der Waals surface area contributed by atoms with Gasteiger partial charge in [0.25, 0.3) is 5.56 Å². The van der Waals surface area contributed by atoms with E-state index in [4.69, 9.17) is 16.3 Å². The Bertz CT molecular complexity index is 1210. The van der Waals surface area contributed by atoms with Gasteiger partial charge >= 0.3 is 0 Å². The molecule has 1 aliphatic rings. The van der Waals surface area contributed by atoms with E-state index in [-0.39, 0.29) is 17.9 Å². The molecule has 6 nitrogen and oxygen atoms in total. The lowest BCUT2D eigenvalue weighted by Crippen LogP contribution is -2.33. The van der Waals surface area contributed by atoms with Crippen LogP contribution in [-0.2, 0) is 17.6 Å². The summed E-state index contributed by atoms with van der Waals surface area (Å²) in [5.74, 6) is 1.29. The number of hydrogen-bond donors (Lipinski definition) is 1. The van der Waals surface area contributed by atoms with Gasteiger partial charge in [0, 0.05) is 35.7 Å². The molecule has 2 aromatic carbocycles. The van der Waals surface area contributed by atoms with Gasteiger partial charge in [-0.05, 0) is 30.2 Å². The van der Waals surface area contributed by atoms with Crippen LogP contribution in [0.2, 0.25) is 5.02 Å².